The van der Waals surface area contributed by atoms with E-state index in [0.29, 0.717) is 0 Å². The van der Waals surface area contributed by atoms with Crippen LogP contribution >= 0.6 is 0 Å². The van der Waals surface area contributed by atoms with Crippen LogP contribution in [0.4, 0.5) is 5.69 Å². The predicted molar refractivity (Wildman–Crippen MR) is 78.6 cm³/mol. The first-order valence-electron chi connectivity index (χ1n) is 6.19. The summed E-state index contributed by atoms with van der Waals surface area (Å²) >= 11 is 0. The minimum atomic E-state index is -1.88. The highest BCUT2D eigenvalue weighted by molar-refractivity contribution is 6.74. The molecule has 3 nitrogen and oxygen atoms in total. The Morgan fingerprint density at radius 1 is 1.22 bits per heavy atom. The number of rotatable bonds is 3. The quantitative estimate of drug-likeness (QED) is 0.838. The normalized spacial score (nSPS) is 12.1. The topological polar surface area (TPSA) is 38.3 Å². The van der Waals surface area contributed by atoms with Crippen LogP contribution in [-0.2, 0) is 4.79 Å². The van der Waals surface area contributed by atoms with E-state index in [1.165, 1.54) is 6.92 Å². The number of hydrogen-bond donors (Lipinski definition) is 1. The van der Waals surface area contributed by atoms with Gasteiger partial charge in [0.1, 0.15) is 5.75 Å². The average molecular weight is 265 g/mol. The molecule has 0 aliphatic carbocycles. The fraction of sp³-hybridized carbons (Fsp3) is 0.500. The van der Waals surface area contributed by atoms with Crippen molar-refractivity contribution < 1.29 is 9.22 Å². The maximum absolute atomic E-state index is 11.2. The molecule has 0 aliphatic heterocycles. The zero-order valence-electron chi connectivity index (χ0n) is 12.1. The molecule has 0 saturated carbocycles. The van der Waals surface area contributed by atoms with Crippen molar-refractivity contribution in [3.8, 4) is 5.75 Å². The average Bonchev–Trinajstić information content (AvgIpc) is 2.18. The van der Waals surface area contributed by atoms with Crippen molar-refractivity contribution in [1.82, 2.24) is 0 Å². The van der Waals surface area contributed by atoms with E-state index in [2.05, 4.69) is 39.2 Å². The maximum atomic E-state index is 11.2. The lowest BCUT2D eigenvalue weighted by Gasteiger charge is -2.37. The summed E-state index contributed by atoms with van der Waals surface area (Å²) < 4.78 is 6.22. The second-order valence-electron chi connectivity index (χ2n) is 6.04. The van der Waals surface area contributed by atoms with E-state index in [1.54, 1.807) is 0 Å². The number of anilines is 1. The van der Waals surface area contributed by atoms with Gasteiger partial charge in [0.15, 0.2) is 0 Å². The van der Waals surface area contributed by atoms with E-state index in [9.17, 15) is 4.79 Å². The summed E-state index contributed by atoms with van der Waals surface area (Å²) in [6, 6.07) is 7.59. The largest absolute Gasteiger partial charge is 0.542 e. The Balaban J connectivity index is 3.01. The van der Waals surface area contributed by atoms with Crippen molar-refractivity contribution in [2.45, 2.75) is 45.8 Å². The lowest BCUT2D eigenvalue weighted by atomic mass is 10.2. The summed E-state index contributed by atoms with van der Waals surface area (Å²) in [5.41, 5.74) is 0.745. The third-order valence-electron chi connectivity index (χ3n) is 3.37. The van der Waals surface area contributed by atoms with E-state index in [0.717, 1.165) is 11.4 Å². The molecule has 0 radical (unpaired) electrons. The molecule has 0 fully saturated rings. The third kappa shape index (κ3) is 3.60. The lowest BCUT2D eigenvalue weighted by Crippen LogP contribution is -2.44. The zero-order chi connectivity index (χ0) is 14.0. The van der Waals surface area contributed by atoms with Crippen LogP contribution in [0.25, 0.3) is 0 Å². The minimum Gasteiger partial charge on any atom is -0.542 e. The summed E-state index contributed by atoms with van der Waals surface area (Å²) in [7, 11) is -1.88. The van der Waals surface area contributed by atoms with Gasteiger partial charge in [0.2, 0.25) is 5.91 Å². The summed E-state index contributed by atoms with van der Waals surface area (Å²) in [5.74, 6) is 0.681. The summed E-state index contributed by atoms with van der Waals surface area (Å²) in [6.07, 6.45) is 0. The van der Waals surface area contributed by atoms with Crippen LogP contribution in [0, 0.1) is 0 Å². The van der Waals surface area contributed by atoms with E-state index >= 15 is 0 Å². The van der Waals surface area contributed by atoms with Crippen LogP contribution in [0.15, 0.2) is 24.3 Å². The first-order valence-corrected chi connectivity index (χ1v) is 9.10. The Labute approximate surface area is 111 Å². The molecule has 1 N–H and O–H groups in total. The lowest BCUT2D eigenvalue weighted by molar-refractivity contribution is -0.114. The van der Waals surface area contributed by atoms with Crippen LogP contribution in [0.3, 0.4) is 0 Å². The number of amides is 1. The van der Waals surface area contributed by atoms with Crippen LogP contribution in [-0.4, -0.2) is 14.2 Å². The van der Waals surface area contributed by atoms with Gasteiger partial charge in [-0.2, -0.15) is 0 Å². The number of hydrogen-bond acceptors (Lipinski definition) is 2. The standard InChI is InChI=1S/C14H23NO2Si/c1-11(16)15-12-9-7-8-10-13(12)17-18(5,6)14(2,3)4/h7-10H,1-6H3,(H,15,16). The smallest absolute Gasteiger partial charge is 0.250 e. The van der Waals surface area contributed by atoms with Crippen molar-refractivity contribution in [1.29, 1.82) is 0 Å². The molecule has 0 spiro atoms. The highest BCUT2D eigenvalue weighted by atomic mass is 28.4. The van der Waals surface area contributed by atoms with Crippen molar-refractivity contribution in [3.05, 3.63) is 24.3 Å². The van der Waals surface area contributed by atoms with Gasteiger partial charge in [0, 0.05) is 6.92 Å². The number of para-hydroxylation sites is 2. The molecule has 4 heteroatoms. The molecular weight excluding hydrogens is 242 g/mol. The second-order valence-corrected chi connectivity index (χ2v) is 10.8. The van der Waals surface area contributed by atoms with Crippen LogP contribution in [0.1, 0.15) is 27.7 Å². The summed E-state index contributed by atoms with van der Waals surface area (Å²) in [4.78, 5) is 11.2. The molecule has 100 valence electrons. The second kappa shape index (κ2) is 5.14. The van der Waals surface area contributed by atoms with E-state index < -0.39 is 8.32 Å². The van der Waals surface area contributed by atoms with Crippen molar-refractivity contribution in [2.75, 3.05) is 5.32 Å². The monoisotopic (exact) mass is 265 g/mol. The molecule has 18 heavy (non-hydrogen) atoms. The van der Waals surface area contributed by atoms with Gasteiger partial charge >= 0.3 is 0 Å². The molecular formula is C14H23NO2Si. The molecule has 1 aromatic rings. The van der Waals surface area contributed by atoms with Crippen LogP contribution in [0.5, 0.6) is 5.75 Å². The van der Waals surface area contributed by atoms with Gasteiger partial charge in [-0.1, -0.05) is 32.9 Å². The Hall–Kier alpha value is -1.29. The Morgan fingerprint density at radius 3 is 2.28 bits per heavy atom. The molecule has 0 bridgehead atoms. The number of nitrogens with one attached hydrogen (secondary N) is 1. The third-order valence-corrected chi connectivity index (χ3v) is 7.71. The molecule has 0 aliphatic rings. The van der Waals surface area contributed by atoms with Gasteiger partial charge in [-0.3, -0.25) is 4.79 Å². The van der Waals surface area contributed by atoms with Gasteiger partial charge in [-0.15, -0.1) is 0 Å². The summed E-state index contributed by atoms with van der Waals surface area (Å²) in [5, 5.41) is 2.94. The zero-order valence-corrected chi connectivity index (χ0v) is 13.1. The molecule has 0 atom stereocenters. The Bertz CT molecular complexity index is 436. The van der Waals surface area contributed by atoms with E-state index in [4.69, 9.17) is 4.43 Å². The van der Waals surface area contributed by atoms with Crippen LogP contribution in [0.2, 0.25) is 18.1 Å². The fourth-order valence-electron chi connectivity index (χ4n) is 1.28. The molecule has 0 unspecified atom stereocenters. The molecule has 0 heterocycles. The van der Waals surface area contributed by atoms with Gasteiger partial charge < -0.3 is 9.74 Å². The molecule has 0 saturated heterocycles. The molecule has 1 aromatic carbocycles. The van der Waals surface area contributed by atoms with E-state index in [1.807, 2.05) is 24.3 Å². The van der Waals surface area contributed by atoms with Crippen molar-refractivity contribution >= 4 is 19.9 Å². The Kier molecular flexibility index (Phi) is 4.22. The van der Waals surface area contributed by atoms with E-state index in [-0.39, 0.29) is 10.9 Å². The first kappa shape index (κ1) is 14.8. The number of carbonyl (C=O) groups is 1. The highest BCUT2D eigenvalue weighted by Gasteiger charge is 2.39. The van der Waals surface area contributed by atoms with Gasteiger partial charge in [-0.25, -0.2) is 0 Å². The number of benzene rings is 1. The van der Waals surface area contributed by atoms with Gasteiger partial charge in [0.05, 0.1) is 5.69 Å². The summed E-state index contributed by atoms with van der Waals surface area (Å²) in [6.45, 7) is 12.5. The van der Waals surface area contributed by atoms with Crippen LogP contribution < -0.4 is 9.74 Å². The molecule has 0 aromatic heterocycles. The Morgan fingerprint density at radius 2 is 1.78 bits per heavy atom. The molecule has 1 rings (SSSR count). The predicted octanol–water partition coefficient (Wildman–Crippen LogP) is 4.03. The maximum Gasteiger partial charge on any atom is 0.250 e. The van der Waals surface area contributed by atoms with Crippen molar-refractivity contribution in [2.24, 2.45) is 0 Å². The SMILES string of the molecule is CC(=O)Nc1ccccc1O[Si](C)(C)C(C)(C)C. The van der Waals surface area contributed by atoms with Crippen molar-refractivity contribution in [3.63, 3.8) is 0 Å². The van der Waals surface area contributed by atoms with Gasteiger partial charge in [0.25, 0.3) is 8.32 Å². The minimum absolute atomic E-state index is 0.0821. The fourth-order valence-corrected chi connectivity index (χ4v) is 2.31. The van der Waals surface area contributed by atoms with Gasteiger partial charge in [-0.05, 0) is 30.3 Å². The molecule has 1 amide bonds. The highest BCUT2D eigenvalue weighted by Crippen LogP contribution is 2.39. The number of carbonyl (C=O) groups excluding carboxylic acids is 1. The first-order chi connectivity index (χ1) is 8.13.